The quantitative estimate of drug-likeness (QED) is 0.528. The van der Waals surface area contributed by atoms with Gasteiger partial charge in [0.15, 0.2) is 5.65 Å². The fourth-order valence-corrected chi connectivity index (χ4v) is 1.90. The Morgan fingerprint density at radius 1 is 1.32 bits per heavy atom. The summed E-state index contributed by atoms with van der Waals surface area (Å²) in [6, 6.07) is 7.26. The SMILES string of the molecule is CCOc1nc2ccccc2c2n[nH]c(=O)c(=O)n12. The molecule has 7 heteroatoms. The summed E-state index contributed by atoms with van der Waals surface area (Å²) in [5.41, 5.74) is -0.606. The van der Waals surface area contributed by atoms with Gasteiger partial charge in [0.1, 0.15) is 0 Å². The number of aromatic amines is 1. The summed E-state index contributed by atoms with van der Waals surface area (Å²) in [5.74, 6) is 0. The summed E-state index contributed by atoms with van der Waals surface area (Å²) < 4.78 is 6.41. The lowest BCUT2D eigenvalue weighted by atomic mass is 10.2. The largest absolute Gasteiger partial charge is 0.465 e. The van der Waals surface area contributed by atoms with Gasteiger partial charge in [0, 0.05) is 5.39 Å². The second-order valence-corrected chi connectivity index (χ2v) is 3.86. The summed E-state index contributed by atoms with van der Waals surface area (Å²) in [5, 5.41) is 6.77. The van der Waals surface area contributed by atoms with E-state index in [9.17, 15) is 9.59 Å². The first-order valence-electron chi connectivity index (χ1n) is 5.75. The molecule has 96 valence electrons. The third-order valence-electron chi connectivity index (χ3n) is 2.70. The predicted molar refractivity (Wildman–Crippen MR) is 68.6 cm³/mol. The zero-order chi connectivity index (χ0) is 13.4. The summed E-state index contributed by atoms with van der Waals surface area (Å²) in [4.78, 5) is 27.6. The molecular formula is C12H10N4O3. The number of benzene rings is 1. The van der Waals surface area contributed by atoms with Gasteiger partial charge >= 0.3 is 17.1 Å². The number of para-hydroxylation sites is 1. The second kappa shape index (κ2) is 4.20. The van der Waals surface area contributed by atoms with Gasteiger partial charge < -0.3 is 4.74 Å². The molecule has 2 heterocycles. The van der Waals surface area contributed by atoms with E-state index >= 15 is 0 Å². The average molecular weight is 258 g/mol. The Labute approximate surface area is 106 Å². The van der Waals surface area contributed by atoms with E-state index in [0.29, 0.717) is 23.2 Å². The first kappa shape index (κ1) is 11.4. The number of hydrogen-bond donors (Lipinski definition) is 1. The number of aromatic nitrogens is 4. The Kier molecular flexibility index (Phi) is 2.52. The molecule has 1 aromatic carbocycles. The van der Waals surface area contributed by atoms with Crippen LogP contribution in [0.5, 0.6) is 6.01 Å². The monoisotopic (exact) mass is 258 g/mol. The smallest absolute Gasteiger partial charge is 0.330 e. The molecule has 0 saturated carbocycles. The summed E-state index contributed by atoms with van der Waals surface area (Å²) in [6.45, 7) is 2.11. The van der Waals surface area contributed by atoms with Crippen molar-refractivity contribution in [2.45, 2.75) is 6.92 Å². The van der Waals surface area contributed by atoms with Crippen LogP contribution in [0.1, 0.15) is 6.92 Å². The standard InChI is InChI=1S/C12H10N4O3/c1-2-19-12-13-8-6-4-3-5-7(8)9-14-15-10(17)11(18)16(9)12/h3-6H,2H2,1H3,(H,15,17). The van der Waals surface area contributed by atoms with Gasteiger partial charge in [-0.2, -0.15) is 10.1 Å². The van der Waals surface area contributed by atoms with Crippen LogP contribution in [0, 0.1) is 0 Å². The predicted octanol–water partition coefficient (Wildman–Crippen LogP) is 0.330. The number of hydrogen-bond acceptors (Lipinski definition) is 5. The summed E-state index contributed by atoms with van der Waals surface area (Å²) in [7, 11) is 0. The zero-order valence-electron chi connectivity index (χ0n) is 10.1. The number of ether oxygens (including phenoxy) is 1. The van der Waals surface area contributed by atoms with Crippen LogP contribution in [-0.4, -0.2) is 26.2 Å². The zero-order valence-corrected chi connectivity index (χ0v) is 10.1. The van der Waals surface area contributed by atoms with E-state index in [4.69, 9.17) is 4.74 Å². The van der Waals surface area contributed by atoms with Crippen molar-refractivity contribution < 1.29 is 4.74 Å². The van der Waals surface area contributed by atoms with Gasteiger partial charge in [0.25, 0.3) is 0 Å². The molecule has 0 amide bonds. The third kappa shape index (κ3) is 1.67. The highest BCUT2D eigenvalue weighted by molar-refractivity contribution is 5.91. The molecule has 3 aromatic rings. The highest BCUT2D eigenvalue weighted by Crippen LogP contribution is 2.19. The first-order valence-corrected chi connectivity index (χ1v) is 5.75. The van der Waals surface area contributed by atoms with Gasteiger partial charge in [-0.3, -0.25) is 9.59 Å². The first-order chi connectivity index (χ1) is 9.22. The van der Waals surface area contributed by atoms with Gasteiger partial charge in [-0.15, -0.1) is 0 Å². The van der Waals surface area contributed by atoms with Crippen molar-refractivity contribution >= 4 is 16.6 Å². The van der Waals surface area contributed by atoms with Gasteiger partial charge in [0.2, 0.25) is 0 Å². The minimum absolute atomic E-state index is 0.0693. The summed E-state index contributed by atoms with van der Waals surface area (Å²) in [6.07, 6.45) is 0. The normalized spacial score (nSPS) is 11.0. The van der Waals surface area contributed by atoms with Crippen molar-refractivity contribution in [2.24, 2.45) is 0 Å². The average Bonchev–Trinajstić information content (AvgIpc) is 2.43. The molecule has 0 fully saturated rings. The Morgan fingerprint density at radius 2 is 2.11 bits per heavy atom. The highest BCUT2D eigenvalue weighted by Gasteiger charge is 2.13. The van der Waals surface area contributed by atoms with Crippen molar-refractivity contribution in [2.75, 3.05) is 6.61 Å². The fraction of sp³-hybridized carbons (Fsp3) is 0.167. The second-order valence-electron chi connectivity index (χ2n) is 3.86. The number of H-pyrrole nitrogens is 1. The molecule has 0 aliphatic heterocycles. The van der Waals surface area contributed by atoms with Crippen LogP contribution in [0.15, 0.2) is 33.9 Å². The molecule has 0 aliphatic rings. The lowest BCUT2D eigenvalue weighted by Crippen LogP contribution is -2.35. The van der Waals surface area contributed by atoms with Crippen molar-refractivity contribution in [1.29, 1.82) is 0 Å². The number of nitrogens with zero attached hydrogens (tertiary/aromatic N) is 3. The number of nitrogens with one attached hydrogen (secondary N) is 1. The lowest BCUT2D eigenvalue weighted by Gasteiger charge is -2.08. The Bertz CT molecular complexity index is 881. The van der Waals surface area contributed by atoms with E-state index in [1.807, 2.05) is 12.1 Å². The van der Waals surface area contributed by atoms with E-state index in [2.05, 4.69) is 15.2 Å². The number of fused-ring (bicyclic) bond motifs is 3. The molecule has 19 heavy (non-hydrogen) atoms. The van der Waals surface area contributed by atoms with Gasteiger partial charge in [-0.05, 0) is 19.1 Å². The van der Waals surface area contributed by atoms with Crippen molar-refractivity contribution in [3.05, 3.63) is 45.0 Å². The van der Waals surface area contributed by atoms with Crippen LogP contribution in [0.2, 0.25) is 0 Å². The lowest BCUT2D eigenvalue weighted by molar-refractivity contribution is 0.307. The Morgan fingerprint density at radius 3 is 2.89 bits per heavy atom. The Balaban J connectivity index is 2.60. The highest BCUT2D eigenvalue weighted by atomic mass is 16.5. The van der Waals surface area contributed by atoms with Crippen molar-refractivity contribution in [3.8, 4) is 6.01 Å². The third-order valence-corrected chi connectivity index (χ3v) is 2.70. The molecule has 1 N–H and O–H groups in total. The maximum atomic E-state index is 11.9. The maximum absolute atomic E-state index is 11.9. The van der Waals surface area contributed by atoms with Crippen LogP contribution in [0.4, 0.5) is 0 Å². The van der Waals surface area contributed by atoms with E-state index < -0.39 is 11.1 Å². The van der Waals surface area contributed by atoms with Gasteiger partial charge in [0.05, 0.1) is 12.1 Å². The molecule has 0 radical (unpaired) electrons. The molecule has 0 unspecified atom stereocenters. The van der Waals surface area contributed by atoms with Crippen molar-refractivity contribution in [3.63, 3.8) is 0 Å². The van der Waals surface area contributed by atoms with E-state index in [-0.39, 0.29) is 6.01 Å². The molecule has 3 rings (SSSR count). The number of rotatable bonds is 2. The van der Waals surface area contributed by atoms with Crippen LogP contribution >= 0.6 is 0 Å². The minimum atomic E-state index is -0.810. The molecule has 7 nitrogen and oxygen atoms in total. The van der Waals surface area contributed by atoms with Crippen molar-refractivity contribution in [1.82, 2.24) is 19.6 Å². The van der Waals surface area contributed by atoms with E-state index in [0.717, 1.165) is 4.40 Å². The van der Waals surface area contributed by atoms with Gasteiger partial charge in [-0.1, -0.05) is 12.1 Å². The van der Waals surface area contributed by atoms with Gasteiger partial charge in [-0.25, -0.2) is 9.50 Å². The molecule has 0 spiro atoms. The minimum Gasteiger partial charge on any atom is -0.465 e. The molecule has 0 bridgehead atoms. The summed E-state index contributed by atoms with van der Waals surface area (Å²) >= 11 is 0. The van der Waals surface area contributed by atoms with Crippen LogP contribution in [0.25, 0.3) is 16.6 Å². The Hall–Kier alpha value is -2.70. The molecule has 2 aromatic heterocycles. The van der Waals surface area contributed by atoms with Crippen LogP contribution in [0.3, 0.4) is 0 Å². The molecular weight excluding hydrogens is 248 g/mol. The van der Waals surface area contributed by atoms with Crippen LogP contribution in [-0.2, 0) is 0 Å². The maximum Gasteiger partial charge on any atom is 0.330 e. The topological polar surface area (TPSA) is 89.3 Å². The van der Waals surface area contributed by atoms with Crippen LogP contribution < -0.4 is 15.9 Å². The van der Waals surface area contributed by atoms with E-state index in [1.165, 1.54) is 0 Å². The molecule has 0 atom stereocenters. The van der Waals surface area contributed by atoms with E-state index in [1.54, 1.807) is 19.1 Å². The fourth-order valence-electron chi connectivity index (χ4n) is 1.90. The molecule has 0 saturated heterocycles. The molecule has 0 aliphatic carbocycles.